The van der Waals surface area contributed by atoms with E-state index in [-0.39, 0.29) is 5.56 Å². The normalized spacial score (nSPS) is 10.9. The Morgan fingerprint density at radius 1 is 1.47 bits per heavy atom. The van der Waals surface area contributed by atoms with E-state index in [0.29, 0.717) is 18.1 Å². The average Bonchev–Trinajstić information content (AvgIpc) is 2.71. The Morgan fingerprint density at radius 3 is 2.84 bits per heavy atom. The van der Waals surface area contributed by atoms with Gasteiger partial charge >= 0.3 is 5.97 Å². The lowest BCUT2D eigenvalue weighted by Crippen LogP contribution is -2.16. The second-order valence-electron chi connectivity index (χ2n) is 4.52. The van der Waals surface area contributed by atoms with Crippen LogP contribution < -0.4 is 0 Å². The number of furan rings is 1. The summed E-state index contributed by atoms with van der Waals surface area (Å²) in [7, 11) is 1.95. The smallest absolute Gasteiger partial charge is 0.339 e. The van der Waals surface area contributed by atoms with Gasteiger partial charge in [0.1, 0.15) is 17.1 Å². The fourth-order valence-corrected chi connectivity index (χ4v) is 1.96. The minimum Gasteiger partial charge on any atom is -0.478 e. The van der Waals surface area contributed by atoms with Gasteiger partial charge in [0.15, 0.2) is 0 Å². The zero-order chi connectivity index (χ0) is 13.8. The molecule has 100 valence electrons. The van der Waals surface area contributed by atoms with Crippen LogP contribution in [0.1, 0.15) is 27.4 Å². The van der Waals surface area contributed by atoms with E-state index < -0.39 is 5.97 Å². The van der Waals surface area contributed by atoms with Crippen LogP contribution in [0.3, 0.4) is 0 Å². The van der Waals surface area contributed by atoms with E-state index in [4.69, 9.17) is 9.52 Å². The van der Waals surface area contributed by atoms with Gasteiger partial charge in [0.05, 0.1) is 6.54 Å². The van der Waals surface area contributed by atoms with Crippen molar-refractivity contribution in [3.8, 4) is 0 Å². The predicted octanol–water partition coefficient (Wildman–Crippen LogP) is 2.31. The fourth-order valence-electron chi connectivity index (χ4n) is 1.96. The maximum Gasteiger partial charge on any atom is 0.339 e. The van der Waals surface area contributed by atoms with E-state index in [1.54, 1.807) is 19.2 Å². The number of aromatic carboxylic acids is 1. The van der Waals surface area contributed by atoms with Crippen LogP contribution in [-0.4, -0.2) is 28.0 Å². The van der Waals surface area contributed by atoms with Crippen molar-refractivity contribution in [2.24, 2.45) is 0 Å². The molecule has 2 rings (SSSR count). The van der Waals surface area contributed by atoms with Crippen LogP contribution in [0.25, 0.3) is 0 Å². The highest BCUT2D eigenvalue weighted by Crippen LogP contribution is 2.16. The molecule has 0 aliphatic carbocycles. The second kappa shape index (κ2) is 5.67. The van der Waals surface area contributed by atoms with Crippen molar-refractivity contribution in [3.63, 3.8) is 0 Å². The van der Waals surface area contributed by atoms with Crippen LogP contribution >= 0.6 is 0 Å². The Labute approximate surface area is 111 Å². The van der Waals surface area contributed by atoms with Gasteiger partial charge in [-0.1, -0.05) is 6.07 Å². The number of aromatic nitrogens is 1. The van der Waals surface area contributed by atoms with Gasteiger partial charge in [0, 0.05) is 18.9 Å². The Bertz CT molecular complexity index is 563. The molecule has 5 nitrogen and oxygen atoms in total. The SMILES string of the molecule is Cc1oc(CN(C)Cc2cccnc2)cc1C(=O)O. The third kappa shape index (κ3) is 3.42. The van der Waals surface area contributed by atoms with Gasteiger partial charge in [-0.15, -0.1) is 0 Å². The molecule has 0 aliphatic heterocycles. The first kappa shape index (κ1) is 13.3. The van der Waals surface area contributed by atoms with Gasteiger partial charge in [-0.05, 0) is 31.7 Å². The summed E-state index contributed by atoms with van der Waals surface area (Å²) in [4.78, 5) is 17.0. The predicted molar refractivity (Wildman–Crippen MR) is 69.8 cm³/mol. The van der Waals surface area contributed by atoms with Crippen molar-refractivity contribution < 1.29 is 14.3 Å². The van der Waals surface area contributed by atoms with Gasteiger partial charge in [0.2, 0.25) is 0 Å². The van der Waals surface area contributed by atoms with E-state index in [2.05, 4.69) is 4.98 Å². The topological polar surface area (TPSA) is 66.6 Å². The number of carboxylic acid groups (broad SMARTS) is 1. The molecule has 0 fully saturated rings. The molecule has 0 saturated carbocycles. The van der Waals surface area contributed by atoms with Crippen LogP contribution in [0.2, 0.25) is 0 Å². The van der Waals surface area contributed by atoms with Crippen molar-refractivity contribution in [1.82, 2.24) is 9.88 Å². The van der Waals surface area contributed by atoms with Gasteiger partial charge in [-0.3, -0.25) is 9.88 Å². The van der Waals surface area contributed by atoms with Gasteiger partial charge in [0.25, 0.3) is 0 Å². The summed E-state index contributed by atoms with van der Waals surface area (Å²) in [6.45, 7) is 2.95. The van der Waals surface area contributed by atoms with Crippen molar-refractivity contribution in [1.29, 1.82) is 0 Å². The van der Waals surface area contributed by atoms with Crippen LogP contribution in [0.5, 0.6) is 0 Å². The van der Waals surface area contributed by atoms with E-state index in [9.17, 15) is 4.79 Å². The Balaban J connectivity index is 2.01. The molecule has 0 radical (unpaired) electrons. The summed E-state index contributed by atoms with van der Waals surface area (Å²) < 4.78 is 5.45. The maximum atomic E-state index is 10.9. The first-order chi connectivity index (χ1) is 9.06. The monoisotopic (exact) mass is 260 g/mol. The van der Waals surface area contributed by atoms with Crippen LogP contribution in [0, 0.1) is 6.92 Å². The number of rotatable bonds is 5. The highest BCUT2D eigenvalue weighted by molar-refractivity contribution is 5.88. The van der Waals surface area contributed by atoms with E-state index in [0.717, 1.165) is 12.1 Å². The van der Waals surface area contributed by atoms with Crippen molar-refractivity contribution in [2.75, 3.05) is 7.05 Å². The number of hydrogen-bond acceptors (Lipinski definition) is 4. The third-order valence-corrected chi connectivity index (χ3v) is 2.80. The highest BCUT2D eigenvalue weighted by atomic mass is 16.4. The quantitative estimate of drug-likeness (QED) is 0.893. The molecule has 19 heavy (non-hydrogen) atoms. The van der Waals surface area contributed by atoms with E-state index in [1.807, 2.05) is 30.3 Å². The van der Waals surface area contributed by atoms with Crippen LogP contribution in [0.4, 0.5) is 0 Å². The molecule has 2 heterocycles. The molecule has 0 amide bonds. The third-order valence-electron chi connectivity index (χ3n) is 2.80. The minimum absolute atomic E-state index is 0.227. The molecule has 0 atom stereocenters. The molecule has 0 saturated heterocycles. The molecule has 2 aromatic heterocycles. The number of aryl methyl sites for hydroxylation is 1. The summed E-state index contributed by atoms with van der Waals surface area (Å²) in [6.07, 6.45) is 3.55. The zero-order valence-corrected chi connectivity index (χ0v) is 11.0. The molecule has 2 aromatic rings. The Hall–Kier alpha value is -2.14. The molecular formula is C14H16N2O3. The summed E-state index contributed by atoms with van der Waals surface area (Å²) in [5.41, 5.74) is 1.33. The minimum atomic E-state index is -0.956. The first-order valence-electron chi connectivity index (χ1n) is 5.96. The van der Waals surface area contributed by atoms with E-state index >= 15 is 0 Å². The van der Waals surface area contributed by atoms with Crippen LogP contribution in [0.15, 0.2) is 35.0 Å². The summed E-state index contributed by atoms with van der Waals surface area (Å²) in [5.74, 6) is 0.140. The number of carboxylic acids is 1. The summed E-state index contributed by atoms with van der Waals surface area (Å²) >= 11 is 0. The highest BCUT2D eigenvalue weighted by Gasteiger charge is 2.14. The molecule has 0 unspecified atom stereocenters. The summed E-state index contributed by atoms with van der Waals surface area (Å²) in [6, 6.07) is 5.47. The second-order valence-corrected chi connectivity index (χ2v) is 4.52. The standard InChI is InChI=1S/C14H16N2O3/c1-10-13(14(17)18)6-12(19-10)9-16(2)8-11-4-3-5-15-7-11/h3-7H,8-9H2,1-2H3,(H,17,18). The molecule has 0 spiro atoms. The summed E-state index contributed by atoms with van der Waals surface area (Å²) in [5, 5.41) is 8.97. The Morgan fingerprint density at radius 2 is 2.26 bits per heavy atom. The largest absolute Gasteiger partial charge is 0.478 e. The first-order valence-corrected chi connectivity index (χ1v) is 5.96. The number of hydrogen-bond donors (Lipinski definition) is 1. The van der Waals surface area contributed by atoms with E-state index in [1.165, 1.54) is 0 Å². The van der Waals surface area contributed by atoms with Gasteiger partial charge in [-0.25, -0.2) is 4.79 Å². The average molecular weight is 260 g/mol. The molecule has 1 N–H and O–H groups in total. The number of pyridine rings is 1. The van der Waals surface area contributed by atoms with Gasteiger partial charge < -0.3 is 9.52 Å². The number of nitrogens with zero attached hydrogens (tertiary/aromatic N) is 2. The molecule has 5 heteroatoms. The van der Waals surface area contributed by atoms with Crippen LogP contribution in [-0.2, 0) is 13.1 Å². The van der Waals surface area contributed by atoms with Crippen molar-refractivity contribution >= 4 is 5.97 Å². The lowest BCUT2D eigenvalue weighted by atomic mass is 10.2. The van der Waals surface area contributed by atoms with Gasteiger partial charge in [-0.2, -0.15) is 0 Å². The Kier molecular flexibility index (Phi) is 3.97. The fraction of sp³-hybridized carbons (Fsp3) is 0.286. The molecule has 0 bridgehead atoms. The molecule has 0 aromatic carbocycles. The number of carbonyl (C=O) groups is 1. The van der Waals surface area contributed by atoms with Crippen molar-refractivity contribution in [2.45, 2.75) is 20.0 Å². The lowest BCUT2D eigenvalue weighted by molar-refractivity contribution is 0.0695. The van der Waals surface area contributed by atoms with Crippen molar-refractivity contribution in [3.05, 3.63) is 53.2 Å². The maximum absolute atomic E-state index is 10.9. The zero-order valence-electron chi connectivity index (χ0n) is 11.0. The molecular weight excluding hydrogens is 244 g/mol. The lowest BCUT2D eigenvalue weighted by Gasteiger charge is -2.14. The molecule has 0 aliphatic rings.